The lowest BCUT2D eigenvalue weighted by Gasteiger charge is -2.21. The van der Waals surface area contributed by atoms with E-state index in [1.54, 1.807) is 25.1 Å². The van der Waals surface area contributed by atoms with Gasteiger partial charge in [-0.25, -0.2) is 4.39 Å². The lowest BCUT2D eigenvalue weighted by atomic mass is 10.2. The van der Waals surface area contributed by atoms with Crippen LogP contribution in [0.5, 0.6) is 5.75 Å². The topological polar surface area (TPSA) is 80.5 Å². The Morgan fingerprint density at radius 3 is 2.68 bits per heavy atom. The summed E-state index contributed by atoms with van der Waals surface area (Å²) in [5, 5.41) is 10.8. The lowest BCUT2D eigenvalue weighted by molar-refractivity contribution is -0.117. The highest BCUT2D eigenvalue weighted by Crippen LogP contribution is 2.24. The van der Waals surface area contributed by atoms with Crippen molar-refractivity contribution in [2.24, 2.45) is 0 Å². The number of hydrogen-bond acceptors (Lipinski definition) is 6. The Kier molecular flexibility index (Phi) is 6.00. The molecule has 1 aromatic heterocycles. The monoisotopic (exact) mass is 384 g/mol. The molecule has 2 aromatic carbocycles. The average Bonchev–Trinajstić information content (AvgIpc) is 3.17. The van der Waals surface area contributed by atoms with Crippen molar-refractivity contribution >= 4 is 11.6 Å². The normalized spacial score (nSPS) is 12.0. The Bertz CT molecular complexity index is 943. The highest BCUT2D eigenvalue weighted by Gasteiger charge is 2.21. The summed E-state index contributed by atoms with van der Waals surface area (Å²) in [7, 11) is 3.37. The molecule has 8 heteroatoms. The van der Waals surface area contributed by atoms with Gasteiger partial charge >= 0.3 is 0 Å². The van der Waals surface area contributed by atoms with Gasteiger partial charge in [0.15, 0.2) is 0 Å². The fraction of sp³-hybridized carbons (Fsp3) is 0.250. The summed E-state index contributed by atoms with van der Waals surface area (Å²) in [6.07, 6.45) is 0. The minimum absolute atomic E-state index is 0.0813. The average molecular weight is 384 g/mol. The van der Waals surface area contributed by atoms with Crippen LogP contribution in [0, 0.1) is 5.82 Å². The van der Waals surface area contributed by atoms with Crippen LogP contribution in [-0.2, 0) is 4.79 Å². The highest BCUT2D eigenvalue weighted by molar-refractivity contribution is 5.92. The molecular formula is C20H21FN4O3. The van der Waals surface area contributed by atoms with Gasteiger partial charge in [-0.2, -0.15) is 0 Å². The molecule has 28 heavy (non-hydrogen) atoms. The first kappa shape index (κ1) is 19.5. The molecule has 0 bridgehead atoms. The number of anilines is 1. The molecule has 0 aliphatic carbocycles. The largest absolute Gasteiger partial charge is 0.497 e. The third kappa shape index (κ3) is 4.72. The van der Waals surface area contributed by atoms with Crippen molar-refractivity contribution in [2.45, 2.75) is 13.0 Å². The van der Waals surface area contributed by atoms with E-state index in [0.29, 0.717) is 17.5 Å². The van der Waals surface area contributed by atoms with E-state index in [9.17, 15) is 9.18 Å². The SMILES string of the molecule is COc1ccc(-c2nnc([C@@H](C)N(C)CC(=O)Nc3cccc(F)c3)o2)cc1. The molecule has 0 aliphatic heterocycles. The van der Waals surface area contributed by atoms with Crippen LogP contribution < -0.4 is 10.1 Å². The number of carbonyl (C=O) groups excluding carboxylic acids is 1. The second-order valence-corrected chi connectivity index (χ2v) is 6.32. The van der Waals surface area contributed by atoms with Crippen LogP contribution in [0.3, 0.4) is 0 Å². The Labute approximate surface area is 162 Å². The molecule has 3 rings (SSSR count). The summed E-state index contributed by atoms with van der Waals surface area (Å²) in [6, 6.07) is 12.8. The van der Waals surface area contributed by atoms with E-state index in [-0.39, 0.29) is 18.5 Å². The molecule has 0 spiro atoms. The van der Waals surface area contributed by atoms with E-state index in [0.717, 1.165) is 11.3 Å². The Balaban J connectivity index is 1.62. The van der Waals surface area contributed by atoms with Gasteiger partial charge in [0.05, 0.1) is 19.7 Å². The van der Waals surface area contributed by atoms with Gasteiger partial charge in [0.2, 0.25) is 17.7 Å². The second-order valence-electron chi connectivity index (χ2n) is 6.32. The van der Waals surface area contributed by atoms with Crippen molar-refractivity contribution in [3.05, 3.63) is 60.2 Å². The van der Waals surface area contributed by atoms with Crippen LogP contribution in [-0.4, -0.2) is 41.7 Å². The lowest BCUT2D eigenvalue weighted by Crippen LogP contribution is -2.32. The minimum Gasteiger partial charge on any atom is -0.497 e. The van der Waals surface area contributed by atoms with Gasteiger partial charge in [-0.15, -0.1) is 10.2 Å². The fourth-order valence-corrected chi connectivity index (χ4v) is 2.57. The number of likely N-dealkylation sites (N-methyl/N-ethyl adjacent to an activating group) is 1. The van der Waals surface area contributed by atoms with E-state index >= 15 is 0 Å². The van der Waals surface area contributed by atoms with E-state index in [1.165, 1.54) is 18.2 Å². The van der Waals surface area contributed by atoms with Crippen LogP contribution in [0.25, 0.3) is 11.5 Å². The molecule has 146 valence electrons. The zero-order valence-corrected chi connectivity index (χ0v) is 15.8. The Morgan fingerprint density at radius 2 is 2.00 bits per heavy atom. The highest BCUT2D eigenvalue weighted by atomic mass is 19.1. The number of halogens is 1. The van der Waals surface area contributed by atoms with E-state index < -0.39 is 5.82 Å². The summed E-state index contributed by atoms with van der Waals surface area (Å²) >= 11 is 0. The smallest absolute Gasteiger partial charge is 0.247 e. The van der Waals surface area contributed by atoms with Crippen LogP contribution in [0.15, 0.2) is 52.9 Å². The molecule has 1 atom stereocenters. The first-order valence-corrected chi connectivity index (χ1v) is 8.69. The van der Waals surface area contributed by atoms with E-state index in [1.807, 2.05) is 31.2 Å². The standard InChI is InChI=1S/C20H21FN4O3/c1-13(25(2)12-18(26)22-16-6-4-5-15(21)11-16)19-23-24-20(28-19)14-7-9-17(27-3)10-8-14/h4-11,13H,12H2,1-3H3,(H,22,26)/t13-/m1/s1. The molecule has 0 saturated heterocycles. The van der Waals surface area contributed by atoms with Crippen LogP contribution in [0.1, 0.15) is 18.9 Å². The van der Waals surface area contributed by atoms with Crippen molar-refractivity contribution in [1.29, 1.82) is 0 Å². The quantitative estimate of drug-likeness (QED) is 0.671. The third-order valence-electron chi connectivity index (χ3n) is 4.30. The summed E-state index contributed by atoms with van der Waals surface area (Å²) in [5.74, 6) is 0.848. The molecule has 0 aliphatic rings. The molecule has 0 saturated carbocycles. The second kappa shape index (κ2) is 8.62. The van der Waals surface area contributed by atoms with Gasteiger partial charge in [-0.05, 0) is 56.4 Å². The van der Waals surface area contributed by atoms with Gasteiger partial charge in [0.25, 0.3) is 0 Å². The molecule has 3 aromatic rings. The molecule has 0 fully saturated rings. The van der Waals surface area contributed by atoms with E-state index in [2.05, 4.69) is 15.5 Å². The molecule has 1 heterocycles. The number of aromatic nitrogens is 2. The van der Waals surface area contributed by atoms with Crippen molar-refractivity contribution < 1.29 is 18.3 Å². The third-order valence-corrected chi connectivity index (χ3v) is 4.30. The van der Waals surface area contributed by atoms with Crippen molar-refractivity contribution in [3.63, 3.8) is 0 Å². The first-order chi connectivity index (χ1) is 13.5. The van der Waals surface area contributed by atoms with Gasteiger partial charge in [0, 0.05) is 11.3 Å². The summed E-state index contributed by atoms with van der Waals surface area (Å²) in [4.78, 5) is 14.0. The van der Waals surface area contributed by atoms with Crippen molar-refractivity contribution in [3.8, 4) is 17.2 Å². The number of methoxy groups -OCH3 is 1. The van der Waals surface area contributed by atoms with Crippen LogP contribution >= 0.6 is 0 Å². The number of hydrogen-bond donors (Lipinski definition) is 1. The summed E-state index contributed by atoms with van der Waals surface area (Å²) in [5.41, 5.74) is 1.18. The zero-order valence-electron chi connectivity index (χ0n) is 15.8. The summed E-state index contributed by atoms with van der Waals surface area (Å²) in [6.45, 7) is 1.94. The molecule has 1 N–H and O–H groups in total. The van der Waals surface area contributed by atoms with Crippen molar-refractivity contribution in [1.82, 2.24) is 15.1 Å². The van der Waals surface area contributed by atoms with Crippen LogP contribution in [0.4, 0.5) is 10.1 Å². The van der Waals surface area contributed by atoms with Crippen LogP contribution in [0.2, 0.25) is 0 Å². The number of rotatable bonds is 7. The molecule has 7 nitrogen and oxygen atoms in total. The number of nitrogens with zero attached hydrogens (tertiary/aromatic N) is 3. The van der Waals surface area contributed by atoms with Gasteiger partial charge in [0.1, 0.15) is 11.6 Å². The zero-order chi connectivity index (χ0) is 20.1. The Morgan fingerprint density at radius 1 is 1.25 bits per heavy atom. The number of nitrogens with one attached hydrogen (secondary N) is 1. The van der Waals surface area contributed by atoms with E-state index in [4.69, 9.17) is 9.15 Å². The minimum atomic E-state index is -0.406. The number of benzene rings is 2. The maximum absolute atomic E-state index is 13.2. The maximum Gasteiger partial charge on any atom is 0.247 e. The summed E-state index contributed by atoms with van der Waals surface area (Å²) < 4.78 is 24.1. The number of ether oxygens (including phenoxy) is 1. The molecule has 1 amide bonds. The Hall–Kier alpha value is -3.26. The molecule has 0 radical (unpaired) electrons. The van der Waals surface area contributed by atoms with Gasteiger partial charge < -0.3 is 14.5 Å². The number of carbonyl (C=O) groups is 1. The predicted octanol–water partition coefficient (Wildman–Crippen LogP) is 3.52. The van der Waals surface area contributed by atoms with Gasteiger partial charge in [-0.1, -0.05) is 6.07 Å². The fourth-order valence-electron chi connectivity index (χ4n) is 2.57. The maximum atomic E-state index is 13.2. The molecule has 0 unspecified atom stereocenters. The first-order valence-electron chi connectivity index (χ1n) is 8.69. The van der Waals surface area contributed by atoms with Crippen molar-refractivity contribution in [2.75, 3.05) is 26.0 Å². The predicted molar refractivity (Wildman–Crippen MR) is 102 cm³/mol. The van der Waals surface area contributed by atoms with Gasteiger partial charge in [-0.3, -0.25) is 9.69 Å². The molecular weight excluding hydrogens is 363 g/mol. The number of amides is 1.